The first-order valence-corrected chi connectivity index (χ1v) is 9.42. The average Bonchev–Trinajstić information content (AvgIpc) is 2.63. The summed E-state index contributed by atoms with van der Waals surface area (Å²) in [6, 6.07) is 12.1. The van der Waals surface area contributed by atoms with Gasteiger partial charge in [0.25, 0.3) is 0 Å². The van der Waals surface area contributed by atoms with Gasteiger partial charge in [-0.25, -0.2) is 9.97 Å². The molecular weight excluding hydrogens is 387 g/mol. The number of nitrogens with zero attached hydrogens (tertiary/aromatic N) is 2. The zero-order valence-electron chi connectivity index (χ0n) is 15.5. The Labute approximate surface area is 164 Å². The Balaban J connectivity index is 1.87. The first kappa shape index (κ1) is 20.1. The van der Waals surface area contributed by atoms with Gasteiger partial charge in [-0.15, -0.1) is 0 Å². The molecule has 3 aromatic rings. The number of carbonyl (C=O) groups is 1. The number of halogens is 3. The molecule has 1 atom stereocenters. The minimum Gasteiger partial charge on any atom is -0.325 e. The van der Waals surface area contributed by atoms with Gasteiger partial charge in [-0.05, 0) is 38.5 Å². The number of benzene rings is 2. The van der Waals surface area contributed by atoms with E-state index in [1.807, 2.05) is 32.0 Å². The van der Waals surface area contributed by atoms with Crippen LogP contribution >= 0.6 is 11.8 Å². The lowest BCUT2D eigenvalue weighted by molar-refractivity contribution is -0.145. The third-order valence-electron chi connectivity index (χ3n) is 4.12. The van der Waals surface area contributed by atoms with Gasteiger partial charge < -0.3 is 5.32 Å². The summed E-state index contributed by atoms with van der Waals surface area (Å²) in [5.74, 6) is -1.52. The SMILES string of the molecule is Cc1ccc(NC(=O)[C@H](C)Sc2nc(C(F)(F)F)nc3ccccc23)c(C)c1. The van der Waals surface area contributed by atoms with Crippen molar-refractivity contribution in [3.8, 4) is 0 Å². The second kappa shape index (κ2) is 7.79. The molecule has 8 heteroatoms. The van der Waals surface area contributed by atoms with Gasteiger partial charge in [-0.2, -0.15) is 13.2 Å². The van der Waals surface area contributed by atoms with E-state index in [0.29, 0.717) is 11.1 Å². The minimum absolute atomic E-state index is 0.126. The zero-order valence-corrected chi connectivity index (χ0v) is 16.3. The molecule has 0 unspecified atom stereocenters. The maximum absolute atomic E-state index is 13.1. The van der Waals surface area contributed by atoms with Crippen molar-refractivity contribution in [1.29, 1.82) is 0 Å². The number of carbonyl (C=O) groups excluding carboxylic acids is 1. The lowest BCUT2D eigenvalue weighted by Gasteiger charge is -2.15. The highest BCUT2D eigenvalue weighted by atomic mass is 32.2. The summed E-state index contributed by atoms with van der Waals surface area (Å²) in [4.78, 5) is 19.8. The highest BCUT2D eigenvalue weighted by Gasteiger charge is 2.36. The number of aryl methyl sites for hydroxylation is 2. The van der Waals surface area contributed by atoms with E-state index in [1.54, 1.807) is 25.1 Å². The Morgan fingerprint density at radius 2 is 1.82 bits per heavy atom. The van der Waals surface area contributed by atoms with Gasteiger partial charge in [0.15, 0.2) is 0 Å². The predicted molar refractivity (Wildman–Crippen MR) is 104 cm³/mol. The third-order valence-corrected chi connectivity index (χ3v) is 5.22. The number of nitrogens with one attached hydrogen (secondary N) is 1. The van der Waals surface area contributed by atoms with Crippen LogP contribution < -0.4 is 5.32 Å². The number of para-hydroxylation sites is 1. The molecule has 1 heterocycles. The molecule has 28 heavy (non-hydrogen) atoms. The molecule has 2 aromatic carbocycles. The van der Waals surface area contributed by atoms with E-state index in [4.69, 9.17) is 0 Å². The molecule has 0 spiro atoms. The van der Waals surface area contributed by atoms with Crippen LogP contribution in [0.1, 0.15) is 23.9 Å². The number of anilines is 1. The van der Waals surface area contributed by atoms with Gasteiger partial charge in [0.2, 0.25) is 11.7 Å². The van der Waals surface area contributed by atoms with E-state index in [2.05, 4.69) is 15.3 Å². The normalized spacial score (nSPS) is 12.8. The van der Waals surface area contributed by atoms with Crippen molar-refractivity contribution in [1.82, 2.24) is 9.97 Å². The molecule has 0 saturated carbocycles. The van der Waals surface area contributed by atoms with Crippen molar-refractivity contribution in [2.45, 2.75) is 37.2 Å². The van der Waals surface area contributed by atoms with Gasteiger partial charge in [0.1, 0.15) is 5.03 Å². The Hall–Kier alpha value is -2.61. The second-order valence-corrected chi connectivity index (χ2v) is 7.76. The van der Waals surface area contributed by atoms with Gasteiger partial charge in [0.05, 0.1) is 10.8 Å². The van der Waals surface area contributed by atoms with Crippen molar-refractivity contribution in [2.24, 2.45) is 0 Å². The van der Waals surface area contributed by atoms with E-state index < -0.39 is 17.3 Å². The monoisotopic (exact) mass is 405 g/mol. The fourth-order valence-electron chi connectivity index (χ4n) is 2.67. The van der Waals surface area contributed by atoms with Crippen molar-refractivity contribution in [3.63, 3.8) is 0 Å². The van der Waals surface area contributed by atoms with Crippen molar-refractivity contribution in [2.75, 3.05) is 5.32 Å². The van der Waals surface area contributed by atoms with Gasteiger partial charge >= 0.3 is 6.18 Å². The summed E-state index contributed by atoms with van der Waals surface area (Å²) in [5, 5.41) is 2.78. The molecule has 1 amide bonds. The molecule has 0 fully saturated rings. The molecule has 0 bridgehead atoms. The van der Waals surface area contributed by atoms with Gasteiger partial charge in [0, 0.05) is 11.1 Å². The highest BCUT2D eigenvalue weighted by Crippen LogP contribution is 2.34. The van der Waals surface area contributed by atoms with Crippen LogP contribution in [0, 0.1) is 13.8 Å². The number of rotatable bonds is 4. The maximum atomic E-state index is 13.1. The smallest absolute Gasteiger partial charge is 0.325 e. The molecule has 1 N–H and O–H groups in total. The van der Waals surface area contributed by atoms with Crippen LogP contribution in [-0.4, -0.2) is 21.1 Å². The topological polar surface area (TPSA) is 54.9 Å². The van der Waals surface area contributed by atoms with Crippen molar-refractivity contribution >= 4 is 34.3 Å². The number of aromatic nitrogens is 2. The fourth-order valence-corrected chi connectivity index (χ4v) is 3.61. The lowest BCUT2D eigenvalue weighted by Crippen LogP contribution is -2.23. The van der Waals surface area contributed by atoms with E-state index in [9.17, 15) is 18.0 Å². The third kappa shape index (κ3) is 4.44. The van der Waals surface area contributed by atoms with E-state index in [0.717, 1.165) is 22.9 Å². The summed E-state index contributed by atoms with van der Waals surface area (Å²) < 4.78 is 39.4. The van der Waals surface area contributed by atoms with Crippen LogP contribution in [0.2, 0.25) is 0 Å². The highest BCUT2D eigenvalue weighted by molar-refractivity contribution is 8.00. The predicted octanol–water partition coefficient (Wildman–Crippen LogP) is 5.38. The van der Waals surface area contributed by atoms with Crippen LogP contribution in [0.25, 0.3) is 10.9 Å². The van der Waals surface area contributed by atoms with Crippen LogP contribution in [0.4, 0.5) is 18.9 Å². The zero-order chi connectivity index (χ0) is 20.5. The van der Waals surface area contributed by atoms with E-state index >= 15 is 0 Å². The molecule has 0 saturated heterocycles. The van der Waals surface area contributed by atoms with Crippen molar-refractivity contribution < 1.29 is 18.0 Å². The molecule has 0 aliphatic rings. The van der Waals surface area contributed by atoms with E-state index in [1.165, 1.54) is 6.07 Å². The Morgan fingerprint density at radius 3 is 2.50 bits per heavy atom. The number of amides is 1. The van der Waals surface area contributed by atoms with Crippen LogP contribution in [0.15, 0.2) is 47.5 Å². The van der Waals surface area contributed by atoms with Gasteiger partial charge in [-0.3, -0.25) is 4.79 Å². The second-order valence-electron chi connectivity index (χ2n) is 6.43. The molecule has 1 aromatic heterocycles. The summed E-state index contributed by atoms with van der Waals surface area (Å²) in [6.45, 7) is 5.47. The lowest BCUT2D eigenvalue weighted by atomic mass is 10.1. The average molecular weight is 405 g/mol. The molecule has 0 radical (unpaired) electrons. The summed E-state index contributed by atoms with van der Waals surface area (Å²) in [7, 11) is 0. The number of alkyl halides is 3. The molecule has 4 nitrogen and oxygen atoms in total. The summed E-state index contributed by atoms with van der Waals surface area (Å²) in [5.41, 5.74) is 2.85. The Kier molecular flexibility index (Phi) is 5.60. The Bertz CT molecular complexity index is 1040. The van der Waals surface area contributed by atoms with Crippen LogP contribution in [-0.2, 0) is 11.0 Å². The molecule has 0 aliphatic carbocycles. The largest absolute Gasteiger partial charge is 0.451 e. The number of fused-ring (bicyclic) bond motifs is 1. The standard InChI is InChI=1S/C20H18F3N3OS/c1-11-8-9-15(12(2)10-11)24-17(27)13(3)28-18-14-6-4-5-7-16(14)25-19(26-18)20(21,22)23/h4-10,13H,1-3H3,(H,24,27)/t13-/m0/s1. The molecule has 3 rings (SSSR count). The summed E-state index contributed by atoms with van der Waals surface area (Å²) >= 11 is 0.977. The number of thioether (sulfide) groups is 1. The van der Waals surface area contributed by atoms with Crippen LogP contribution in [0.5, 0.6) is 0 Å². The number of hydrogen-bond acceptors (Lipinski definition) is 4. The quantitative estimate of drug-likeness (QED) is 0.467. The van der Waals surface area contributed by atoms with Gasteiger partial charge in [-0.1, -0.05) is 47.7 Å². The molecular formula is C20H18F3N3OS. The van der Waals surface area contributed by atoms with Crippen LogP contribution in [0.3, 0.4) is 0 Å². The van der Waals surface area contributed by atoms with E-state index in [-0.39, 0.29) is 16.4 Å². The minimum atomic E-state index is -4.66. The maximum Gasteiger partial charge on any atom is 0.451 e. The van der Waals surface area contributed by atoms with Crippen molar-refractivity contribution in [3.05, 3.63) is 59.4 Å². The first-order valence-electron chi connectivity index (χ1n) is 8.54. The molecule has 0 aliphatic heterocycles. The first-order chi connectivity index (χ1) is 13.1. The fraction of sp³-hybridized carbons (Fsp3) is 0.250. The summed E-state index contributed by atoms with van der Waals surface area (Å²) in [6.07, 6.45) is -4.66. The Morgan fingerprint density at radius 1 is 1.11 bits per heavy atom. The number of hydrogen-bond donors (Lipinski definition) is 1. The molecule has 146 valence electrons.